The van der Waals surface area contributed by atoms with Crippen molar-refractivity contribution in [2.24, 2.45) is 0 Å². The fourth-order valence-electron chi connectivity index (χ4n) is 1.17. The molecule has 72 valence electrons. The summed E-state index contributed by atoms with van der Waals surface area (Å²) in [5.74, 6) is 0.372. The largest absolute Gasteiger partial charge is 0.368 e. The topological polar surface area (TPSA) is 59.6 Å². The lowest BCUT2D eigenvalue weighted by atomic mass is 10.3. The number of nitrogens with zero attached hydrogens (tertiary/aromatic N) is 2. The Labute approximate surface area is 99.3 Å². The summed E-state index contributed by atoms with van der Waals surface area (Å²) in [5, 5.41) is 6.49. The van der Waals surface area contributed by atoms with E-state index in [1.807, 2.05) is 24.3 Å². The van der Waals surface area contributed by atoms with Crippen LogP contribution in [0.1, 0.15) is 0 Å². The maximum atomic E-state index is 5.67. The number of nitrogen functional groups attached to an aromatic ring is 1. The van der Waals surface area contributed by atoms with Gasteiger partial charge >= 0.3 is 0 Å². The summed E-state index contributed by atoms with van der Waals surface area (Å²) in [6, 6.07) is 7.88. The monoisotopic (exact) mass is 318 g/mol. The summed E-state index contributed by atoms with van der Waals surface area (Å²) in [6.07, 6.45) is 0. The predicted octanol–water partition coefficient (Wildman–Crippen LogP) is 2.12. The van der Waals surface area contributed by atoms with Crippen molar-refractivity contribution in [2.75, 3.05) is 5.73 Å². The predicted molar refractivity (Wildman–Crippen MR) is 65.9 cm³/mol. The summed E-state index contributed by atoms with van der Waals surface area (Å²) < 4.78 is 3.32. The number of anilines is 1. The van der Waals surface area contributed by atoms with E-state index in [1.54, 1.807) is 4.57 Å². The molecule has 0 aliphatic rings. The van der Waals surface area contributed by atoms with Gasteiger partial charge in [-0.3, -0.25) is 4.57 Å². The van der Waals surface area contributed by atoms with Gasteiger partial charge in [0, 0.05) is 3.57 Å². The van der Waals surface area contributed by atoms with Crippen molar-refractivity contribution in [3.8, 4) is 5.69 Å². The van der Waals surface area contributed by atoms with Gasteiger partial charge in [-0.15, -0.1) is 5.10 Å². The first-order valence-electron chi connectivity index (χ1n) is 3.87. The van der Waals surface area contributed by atoms with E-state index in [0.717, 1.165) is 9.26 Å². The van der Waals surface area contributed by atoms with Gasteiger partial charge in [-0.05, 0) is 53.0 Å². The quantitative estimate of drug-likeness (QED) is 0.625. The third-order valence-corrected chi connectivity index (χ3v) is 2.71. The second-order valence-electron chi connectivity index (χ2n) is 2.70. The van der Waals surface area contributed by atoms with E-state index in [1.165, 1.54) is 0 Å². The van der Waals surface area contributed by atoms with Gasteiger partial charge in [0.25, 0.3) is 0 Å². The second-order valence-corrected chi connectivity index (χ2v) is 4.33. The molecule has 14 heavy (non-hydrogen) atoms. The number of aromatic nitrogens is 3. The SMILES string of the molecule is Nc1n[nH]c(=S)n1-c1cccc(I)c1. The van der Waals surface area contributed by atoms with Crippen LogP contribution < -0.4 is 5.73 Å². The maximum Gasteiger partial charge on any atom is 0.225 e. The number of aromatic amines is 1. The van der Waals surface area contributed by atoms with Crippen LogP contribution in [-0.4, -0.2) is 14.8 Å². The first kappa shape index (κ1) is 9.66. The molecule has 0 fully saturated rings. The Bertz CT molecular complexity index is 516. The van der Waals surface area contributed by atoms with E-state index in [9.17, 15) is 0 Å². The van der Waals surface area contributed by atoms with Crippen molar-refractivity contribution < 1.29 is 0 Å². The molecular weight excluding hydrogens is 311 g/mol. The molecule has 0 spiro atoms. The molecule has 0 bridgehead atoms. The Morgan fingerprint density at radius 2 is 2.29 bits per heavy atom. The van der Waals surface area contributed by atoms with Crippen LogP contribution in [0.5, 0.6) is 0 Å². The first-order valence-corrected chi connectivity index (χ1v) is 5.36. The van der Waals surface area contributed by atoms with E-state index in [0.29, 0.717) is 10.7 Å². The zero-order chi connectivity index (χ0) is 10.1. The fraction of sp³-hybridized carbons (Fsp3) is 0. The molecule has 2 aromatic rings. The van der Waals surface area contributed by atoms with Crippen molar-refractivity contribution in [1.29, 1.82) is 0 Å². The van der Waals surface area contributed by atoms with Crippen molar-refractivity contribution >= 4 is 40.8 Å². The molecule has 0 aliphatic heterocycles. The summed E-state index contributed by atoms with van der Waals surface area (Å²) in [7, 11) is 0. The lowest BCUT2D eigenvalue weighted by Crippen LogP contribution is -2.00. The third-order valence-electron chi connectivity index (χ3n) is 1.76. The van der Waals surface area contributed by atoms with Gasteiger partial charge in [0.1, 0.15) is 0 Å². The Hall–Kier alpha value is -0.890. The molecular formula is C8H7IN4S. The summed E-state index contributed by atoms with van der Waals surface area (Å²) in [5.41, 5.74) is 6.60. The average Bonchev–Trinajstić information content (AvgIpc) is 2.46. The Balaban J connectivity index is 2.66. The van der Waals surface area contributed by atoms with Crippen molar-refractivity contribution in [3.63, 3.8) is 0 Å². The zero-order valence-electron chi connectivity index (χ0n) is 7.07. The van der Waals surface area contributed by atoms with Gasteiger partial charge in [0.05, 0.1) is 5.69 Å². The molecule has 0 saturated carbocycles. The van der Waals surface area contributed by atoms with E-state index >= 15 is 0 Å². The van der Waals surface area contributed by atoms with Crippen molar-refractivity contribution in [3.05, 3.63) is 32.6 Å². The molecule has 0 radical (unpaired) electrons. The zero-order valence-corrected chi connectivity index (χ0v) is 10.0. The van der Waals surface area contributed by atoms with Crippen LogP contribution in [-0.2, 0) is 0 Å². The van der Waals surface area contributed by atoms with Gasteiger partial charge in [-0.2, -0.15) is 0 Å². The van der Waals surface area contributed by atoms with E-state index in [2.05, 4.69) is 32.8 Å². The van der Waals surface area contributed by atoms with Gasteiger partial charge in [-0.1, -0.05) is 6.07 Å². The highest BCUT2D eigenvalue weighted by Gasteiger charge is 2.03. The van der Waals surface area contributed by atoms with Crippen LogP contribution in [0, 0.1) is 8.34 Å². The maximum absolute atomic E-state index is 5.67. The minimum atomic E-state index is 0.372. The molecule has 0 saturated heterocycles. The molecule has 3 N–H and O–H groups in total. The number of H-pyrrole nitrogens is 1. The van der Waals surface area contributed by atoms with Crippen LogP contribution in [0.4, 0.5) is 5.95 Å². The van der Waals surface area contributed by atoms with E-state index in [4.69, 9.17) is 18.0 Å². The highest BCUT2D eigenvalue weighted by Crippen LogP contribution is 2.15. The molecule has 6 heteroatoms. The second kappa shape index (κ2) is 3.70. The van der Waals surface area contributed by atoms with Gasteiger partial charge in [0.15, 0.2) is 0 Å². The Morgan fingerprint density at radius 3 is 2.86 bits per heavy atom. The summed E-state index contributed by atoms with van der Waals surface area (Å²) >= 11 is 7.30. The molecule has 0 aliphatic carbocycles. The third kappa shape index (κ3) is 1.67. The smallest absolute Gasteiger partial charge is 0.225 e. The lowest BCUT2D eigenvalue weighted by molar-refractivity contribution is 1.04. The van der Waals surface area contributed by atoms with Crippen LogP contribution in [0.3, 0.4) is 0 Å². The highest BCUT2D eigenvalue weighted by molar-refractivity contribution is 14.1. The van der Waals surface area contributed by atoms with Crippen LogP contribution >= 0.6 is 34.8 Å². The number of rotatable bonds is 1. The Kier molecular flexibility index (Phi) is 2.55. The van der Waals surface area contributed by atoms with Crippen LogP contribution in [0.25, 0.3) is 5.69 Å². The number of hydrogen-bond acceptors (Lipinski definition) is 3. The van der Waals surface area contributed by atoms with Crippen molar-refractivity contribution in [1.82, 2.24) is 14.8 Å². The molecule has 1 aromatic carbocycles. The number of hydrogen-bond donors (Lipinski definition) is 2. The van der Waals surface area contributed by atoms with Crippen molar-refractivity contribution in [2.45, 2.75) is 0 Å². The number of nitrogens with one attached hydrogen (secondary N) is 1. The minimum Gasteiger partial charge on any atom is -0.368 e. The average molecular weight is 318 g/mol. The summed E-state index contributed by atoms with van der Waals surface area (Å²) in [4.78, 5) is 0. The van der Waals surface area contributed by atoms with E-state index in [-0.39, 0.29) is 0 Å². The first-order chi connectivity index (χ1) is 6.68. The number of nitrogens with two attached hydrogens (primary N) is 1. The van der Waals surface area contributed by atoms with Crippen LogP contribution in [0.2, 0.25) is 0 Å². The standard InChI is InChI=1S/C8H7IN4S/c9-5-2-1-3-6(4-5)13-7(10)11-12-8(13)14/h1-4H,(H2,10,11)(H,12,14). The number of halogens is 1. The molecule has 0 amide bonds. The molecule has 1 aromatic heterocycles. The molecule has 0 atom stereocenters. The molecule has 4 nitrogen and oxygen atoms in total. The highest BCUT2D eigenvalue weighted by atomic mass is 127. The number of benzene rings is 1. The minimum absolute atomic E-state index is 0.372. The van der Waals surface area contributed by atoms with E-state index < -0.39 is 0 Å². The Morgan fingerprint density at radius 1 is 1.50 bits per heavy atom. The van der Waals surface area contributed by atoms with Gasteiger partial charge in [-0.25, -0.2) is 5.10 Å². The fourth-order valence-corrected chi connectivity index (χ4v) is 1.95. The normalized spacial score (nSPS) is 10.4. The van der Waals surface area contributed by atoms with Crippen LogP contribution in [0.15, 0.2) is 24.3 Å². The van der Waals surface area contributed by atoms with Gasteiger partial charge in [0.2, 0.25) is 10.7 Å². The van der Waals surface area contributed by atoms with Gasteiger partial charge < -0.3 is 5.73 Å². The summed E-state index contributed by atoms with van der Waals surface area (Å²) in [6.45, 7) is 0. The molecule has 1 heterocycles. The lowest BCUT2D eigenvalue weighted by Gasteiger charge is -2.03. The molecule has 0 unspecified atom stereocenters. The molecule has 2 rings (SSSR count).